The van der Waals surface area contributed by atoms with Crippen molar-refractivity contribution >= 4 is 11.7 Å². The minimum absolute atomic E-state index is 0.0100. The van der Waals surface area contributed by atoms with Crippen LogP contribution in [0.3, 0.4) is 0 Å². The van der Waals surface area contributed by atoms with E-state index in [0.717, 1.165) is 31.7 Å². The van der Waals surface area contributed by atoms with Gasteiger partial charge in [-0.3, -0.25) is 9.79 Å². The number of carbonyl (C=O) groups is 1. The van der Waals surface area contributed by atoms with Crippen molar-refractivity contribution in [1.29, 1.82) is 0 Å². The zero-order chi connectivity index (χ0) is 9.97. The number of ether oxygens (including phenoxy) is 1. The van der Waals surface area contributed by atoms with Crippen LogP contribution in [0.25, 0.3) is 0 Å². The Morgan fingerprint density at radius 2 is 2.43 bits per heavy atom. The van der Waals surface area contributed by atoms with Crippen molar-refractivity contribution in [2.24, 2.45) is 4.99 Å². The van der Waals surface area contributed by atoms with Crippen LogP contribution in [0.15, 0.2) is 4.99 Å². The topological polar surface area (TPSA) is 50.7 Å². The largest absolute Gasteiger partial charge is 0.378 e. The molecule has 0 saturated carbocycles. The van der Waals surface area contributed by atoms with E-state index in [9.17, 15) is 4.79 Å². The van der Waals surface area contributed by atoms with Crippen LogP contribution in [0, 0.1) is 0 Å². The second kappa shape index (κ2) is 4.09. The molecule has 0 aromatic carbocycles. The summed E-state index contributed by atoms with van der Waals surface area (Å²) in [6.45, 7) is 2.66. The maximum atomic E-state index is 11.2. The first kappa shape index (κ1) is 9.65. The maximum absolute atomic E-state index is 11.2. The van der Waals surface area contributed by atoms with Crippen LogP contribution >= 0.6 is 0 Å². The van der Waals surface area contributed by atoms with Crippen molar-refractivity contribution in [2.45, 2.75) is 44.8 Å². The van der Waals surface area contributed by atoms with Gasteiger partial charge < -0.3 is 10.1 Å². The molecule has 0 spiro atoms. The lowest BCUT2D eigenvalue weighted by atomic mass is 10.1. The summed E-state index contributed by atoms with van der Waals surface area (Å²) in [5.74, 6) is 0.810. The Balaban J connectivity index is 1.85. The minimum Gasteiger partial charge on any atom is -0.378 e. The fraction of sp³-hybridized carbons (Fsp3) is 0.800. The fourth-order valence-corrected chi connectivity index (χ4v) is 1.86. The van der Waals surface area contributed by atoms with E-state index in [0.29, 0.717) is 0 Å². The van der Waals surface area contributed by atoms with Gasteiger partial charge in [-0.15, -0.1) is 0 Å². The Morgan fingerprint density at radius 3 is 3.00 bits per heavy atom. The van der Waals surface area contributed by atoms with E-state index < -0.39 is 0 Å². The Bertz CT molecular complexity index is 257. The van der Waals surface area contributed by atoms with Crippen LogP contribution < -0.4 is 5.32 Å². The van der Waals surface area contributed by atoms with Crippen molar-refractivity contribution in [2.75, 3.05) is 6.61 Å². The molecule has 0 aliphatic carbocycles. The highest BCUT2D eigenvalue weighted by Gasteiger charge is 2.24. The van der Waals surface area contributed by atoms with Gasteiger partial charge in [0.2, 0.25) is 5.91 Å². The highest BCUT2D eigenvalue weighted by atomic mass is 16.5. The number of rotatable bonds is 2. The summed E-state index contributed by atoms with van der Waals surface area (Å²) >= 11 is 0. The number of nitrogens with zero attached hydrogens (tertiary/aromatic N) is 1. The predicted octanol–water partition coefficient (Wildman–Crippen LogP) is 0.862. The quantitative estimate of drug-likeness (QED) is 0.712. The average Bonchev–Trinajstić information content (AvgIpc) is 2.47. The molecule has 2 aliphatic rings. The molecule has 4 nitrogen and oxygen atoms in total. The van der Waals surface area contributed by atoms with E-state index in [1.807, 2.05) is 6.92 Å². The summed E-state index contributed by atoms with van der Waals surface area (Å²) in [5, 5.41) is 2.78. The first-order valence-corrected chi connectivity index (χ1v) is 5.25. The Morgan fingerprint density at radius 1 is 1.57 bits per heavy atom. The fourth-order valence-electron chi connectivity index (χ4n) is 1.86. The van der Waals surface area contributed by atoms with Crippen molar-refractivity contribution in [3.05, 3.63) is 0 Å². The summed E-state index contributed by atoms with van der Waals surface area (Å²) in [6.07, 6.45) is 4.49. The molecular formula is C10H16N2O2. The van der Waals surface area contributed by atoms with Gasteiger partial charge in [0.05, 0.1) is 6.10 Å². The molecular weight excluding hydrogens is 180 g/mol. The summed E-state index contributed by atoms with van der Waals surface area (Å²) in [6, 6.07) is -0.214. The van der Waals surface area contributed by atoms with Crippen molar-refractivity contribution in [3.8, 4) is 0 Å². The van der Waals surface area contributed by atoms with Gasteiger partial charge in [-0.05, 0) is 26.2 Å². The molecule has 0 bridgehead atoms. The van der Waals surface area contributed by atoms with Crippen LogP contribution in [-0.4, -0.2) is 30.5 Å². The van der Waals surface area contributed by atoms with Crippen molar-refractivity contribution in [1.82, 2.24) is 5.32 Å². The van der Waals surface area contributed by atoms with E-state index >= 15 is 0 Å². The van der Waals surface area contributed by atoms with Gasteiger partial charge >= 0.3 is 0 Å². The standard InChI is InChI=1S/C10H16N2O2/c1-7-10(13)12-9(11-7)6-8-4-2-3-5-14-8/h7-8H,2-6H2,1H3,(H,11,12,13). The van der Waals surface area contributed by atoms with Crippen molar-refractivity contribution < 1.29 is 9.53 Å². The number of aliphatic imine (C=N–C) groups is 1. The number of amidine groups is 1. The first-order valence-electron chi connectivity index (χ1n) is 5.25. The van der Waals surface area contributed by atoms with Crippen LogP contribution in [0.1, 0.15) is 32.6 Å². The predicted molar refractivity (Wildman–Crippen MR) is 53.2 cm³/mol. The van der Waals surface area contributed by atoms with Gasteiger partial charge in [-0.2, -0.15) is 0 Å². The highest BCUT2D eigenvalue weighted by Crippen LogP contribution is 2.17. The van der Waals surface area contributed by atoms with E-state index in [-0.39, 0.29) is 18.1 Å². The SMILES string of the molecule is CC1N=C(CC2CCCCO2)NC1=O. The molecule has 2 heterocycles. The highest BCUT2D eigenvalue weighted by molar-refractivity contribution is 6.05. The van der Waals surface area contributed by atoms with Crippen LogP contribution in [0.4, 0.5) is 0 Å². The third-order valence-electron chi connectivity index (χ3n) is 2.69. The number of carbonyl (C=O) groups excluding carboxylic acids is 1. The lowest BCUT2D eigenvalue weighted by Gasteiger charge is -2.22. The molecule has 0 aromatic heterocycles. The number of hydrogen-bond acceptors (Lipinski definition) is 3. The number of hydrogen-bond donors (Lipinski definition) is 1. The lowest BCUT2D eigenvalue weighted by Crippen LogP contribution is -2.31. The van der Waals surface area contributed by atoms with Gasteiger partial charge in [0.25, 0.3) is 0 Å². The van der Waals surface area contributed by atoms with E-state index in [2.05, 4.69) is 10.3 Å². The van der Waals surface area contributed by atoms with Gasteiger partial charge in [-0.25, -0.2) is 0 Å². The zero-order valence-electron chi connectivity index (χ0n) is 8.45. The van der Waals surface area contributed by atoms with Gasteiger partial charge in [0, 0.05) is 13.0 Å². The Hall–Kier alpha value is -0.900. The minimum atomic E-state index is -0.214. The molecule has 14 heavy (non-hydrogen) atoms. The van der Waals surface area contributed by atoms with E-state index in [4.69, 9.17) is 4.74 Å². The molecule has 2 unspecified atom stereocenters. The van der Waals surface area contributed by atoms with Crippen LogP contribution in [0.5, 0.6) is 0 Å². The molecule has 1 saturated heterocycles. The molecule has 1 N–H and O–H groups in total. The number of amides is 1. The van der Waals surface area contributed by atoms with Gasteiger partial charge in [0.15, 0.2) is 0 Å². The molecule has 0 aromatic rings. The third-order valence-corrected chi connectivity index (χ3v) is 2.69. The zero-order valence-corrected chi connectivity index (χ0v) is 8.45. The van der Waals surface area contributed by atoms with E-state index in [1.54, 1.807) is 0 Å². The monoisotopic (exact) mass is 196 g/mol. The van der Waals surface area contributed by atoms with Gasteiger partial charge in [-0.1, -0.05) is 0 Å². The van der Waals surface area contributed by atoms with Crippen LogP contribution in [0.2, 0.25) is 0 Å². The smallest absolute Gasteiger partial charge is 0.249 e. The third kappa shape index (κ3) is 2.12. The second-order valence-corrected chi connectivity index (χ2v) is 3.93. The summed E-state index contributed by atoms with van der Waals surface area (Å²) in [7, 11) is 0. The molecule has 0 radical (unpaired) electrons. The summed E-state index contributed by atoms with van der Waals surface area (Å²) < 4.78 is 5.58. The van der Waals surface area contributed by atoms with Gasteiger partial charge in [0.1, 0.15) is 11.9 Å². The molecule has 2 rings (SSSR count). The number of nitrogens with one attached hydrogen (secondary N) is 1. The maximum Gasteiger partial charge on any atom is 0.249 e. The molecule has 2 atom stereocenters. The molecule has 1 fully saturated rings. The van der Waals surface area contributed by atoms with Crippen molar-refractivity contribution in [3.63, 3.8) is 0 Å². The average molecular weight is 196 g/mol. The normalized spacial score (nSPS) is 32.6. The van der Waals surface area contributed by atoms with E-state index in [1.165, 1.54) is 6.42 Å². The Labute approximate surface area is 83.7 Å². The molecule has 4 heteroatoms. The molecule has 1 amide bonds. The molecule has 78 valence electrons. The molecule has 2 aliphatic heterocycles. The summed E-state index contributed by atoms with van der Waals surface area (Å²) in [5.41, 5.74) is 0. The summed E-state index contributed by atoms with van der Waals surface area (Å²) in [4.78, 5) is 15.4. The first-order chi connectivity index (χ1) is 6.75. The Kier molecular flexibility index (Phi) is 2.82. The second-order valence-electron chi connectivity index (χ2n) is 3.93. The lowest BCUT2D eigenvalue weighted by molar-refractivity contribution is -0.119. The van der Waals surface area contributed by atoms with Crippen LogP contribution in [-0.2, 0) is 9.53 Å².